The number of nitrogens with two attached hydrogens (primary N) is 1. The Labute approximate surface area is 126 Å². The van der Waals surface area contributed by atoms with Crippen molar-refractivity contribution in [2.75, 3.05) is 13.1 Å². The van der Waals surface area contributed by atoms with E-state index in [1.54, 1.807) is 0 Å². The first kappa shape index (κ1) is 16.3. The van der Waals surface area contributed by atoms with Gasteiger partial charge in [0.2, 0.25) is 0 Å². The minimum atomic E-state index is 0.313. The van der Waals surface area contributed by atoms with E-state index in [1.807, 2.05) is 0 Å². The fourth-order valence-electron chi connectivity index (χ4n) is 4.89. The van der Waals surface area contributed by atoms with Gasteiger partial charge in [0, 0.05) is 18.1 Å². The van der Waals surface area contributed by atoms with Crippen molar-refractivity contribution in [3.63, 3.8) is 0 Å². The topological polar surface area (TPSA) is 29.3 Å². The molecule has 2 atom stereocenters. The molecule has 2 fully saturated rings. The predicted octanol–water partition coefficient (Wildman–Crippen LogP) is 4.18. The van der Waals surface area contributed by atoms with Crippen LogP contribution in [0, 0.1) is 11.8 Å². The molecule has 0 aliphatic heterocycles. The van der Waals surface area contributed by atoms with E-state index in [0.29, 0.717) is 5.54 Å². The molecule has 0 amide bonds. The molecule has 2 N–H and O–H groups in total. The summed E-state index contributed by atoms with van der Waals surface area (Å²) in [6, 6.07) is 0.819. The minimum absolute atomic E-state index is 0.313. The SMILES string of the molecule is CCN(C1CCCC1)C1(CN)CCCC(C(C)C)CC1. The number of hydrogen-bond donors (Lipinski definition) is 1. The molecule has 0 aromatic heterocycles. The van der Waals surface area contributed by atoms with Crippen molar-refractivity contribution in [2.24, 2.45) is 17.6 Å². The molecular formula is C18H36N2. The summed E-state index contributed by atoms with van der Waals surface area (Å²) >= 11 is 0. The second-order valence-electron chi connectivity index (χ2n) is 7.59. The summed E-state index contributed by atoms with van der Waals surface area (Å²) in [5.41, 5.74) is 6.64. The van der Waals surface area contributed by atoms with Crippen molar-refractivity contribution in [3.8, 4) is 0 Å². The zero-order chi connectivity index (χ0) is 14.6. The van der Waals surface area contributed by atoms with E-state index >= 15 is 0 Å². The van der Waals surface area contributed by atoms with Crippen LogP contribution in [0.3, 0.4) is 0 Å². The van der Waals surface area contributed by atoms with Gasteiger partial charge in [0.15, 0.2) is 0 Å². The number of hydrogen-bond acceptors (Lipinski definition) is 2. The summed E-state index contributed by atoms with van der Waals surface area (Å²) in [5, 5.41) is 0. The Morgan fingerprint density at radius 1 is 1.05 bits per heavy atom. The Kier molecular flexibility index (Phi) is 5.92. The number of nitrogens with zero attached hydrogens (tertiary/aromatic N) is 1. The minimum Gasteiger partial charge on any atom is -0.329 e. The first-order valence-corrected chi connectivity index (χ1v) is 9.10. The van der Waals surface area contributed by atoms with Gasteiger partial charge in [-0.3, -0.25) is 4.90 Å². The summed E-state index contributed by atoms with van der Waals surface area (Å²) in [6.07, 6.45) is 12.5. The van der Waals surface area contributed by atoms with E-state index in [1.165, 1.54) is 64.3 Å². The van der Waals surface area contributed by atoms with Crippen molar-refractivity contribution >= 4 is 0 Å². The lowest BCUT2D eigenvalue weighted by atomic mass is 9.84. The zero-order valence-electron chi connectivity index (χ0n) is 14.0. The number of rotatable bonds is 5. The predicted molar refractivity (Wildman–Crippen MR) is 87.8 cm³/mol. The molecule has 2 rings (SSSR count). The smallest absolute Gasteiger partial charge is 0.0334 e. The lowest BCUT2D eigenvalue weighted by Crippen LogP contribution is -2.57. The highest BCUT2D eigenvalue weighted by Gasteiger charge is 2.40. The van der Waals surface area contributed by atoms with Gasteiger partial charge in [0.25, 0.3) is 0 Å². The van der Waals surface area contributed by atoms with Crippen LogP contribution in [0.25, 0.3) is 0 Å². The average Bonchev–Trinajstić information content (AvgIpc) is 2.86. The third-order valence-electron chi connectivity index (χ3n) is 6.24. The maximum Gasteiger partial charge on any atom is 0.0334 e. The Bertz CT molecular complexity index is 283. The van der Waals surface area contributed by atoms with E-state index in [0.717, 1.165) is 24.4 Å². The highest BCUT2D eigenvalue weighted by Crippen LogP contribution is 2.40. The largest absolute Gasteiger partial charge is 0.329 e. The Morgan fingerprint density at radius 3 is 2.30 bits per heavy atom. The van der Waals surface area contributed by atoms with Gasteiger partial charge in [-0.1, -0.05) is 46.5 Å². The van der Waals surface area contributed by atoms with Crippen molar-refractivity contribution in [1.82, 2.24) is 4.90 Å². The van der Waals surface area contributed by atoms with Crippen molar-refractivity contribution < 1.29 is 0 Å². The fraction of sp³-hybridized carbons (Fsp3) is 1.00. The van der Waals surface area contributed by atoms with Crippen LogP contribution in [0.5, 0.6) is 0 Å². The summed E-state index contributed by atoms with van der Waals surface area (Å²) in [7, 11) is 0. The summed E-state index contributed by atoms with van der Waals surface area (Å²) in [5.74, 6) is 1.76. The maximum atomic E-state index is 6.33. The third-order valence-corrected chi connectivity index (χ3v) is 6.24. The van der Waals surface area contributed by atoms with Gasteiger partial charge in [-0.25, -0.2) is 0 Å². The van der Waals surface area contributed by atoms with E-state index in [4.69, 9.17) is 5.73 Å². The number of likely N-dealkylation sites (N-methyl/N-ethyl adjacent to an activating group) is 1. The molecular weight excluding hydrogens is 244 g/mol. The lowest BCUT2D eigenvalue weighted by molar-refractivity contribution is 0.0406. The average molecular weight is 281 g/mol. The Morgan fingerprint density at radius 2 is 1.75 bits per heavy atom. The fourth-order valence-corrected chi connectivity index (χ4v) is 4.89. The van der Waals surface area contributed by atoms with Crippen LogP contribution in [0.1, 0.15) is 78.6 Å². The molecule has 2 heteroatoms. The Balaban J connectivity index is 2.10. The van der Waals surface area contributed by atoms with Gasteiger partial charge in [-0.15, -0.1) is 0 Å². The van der Waals surface area contributed by atoms with Crippen LogP contribution in [0.2, 0.25) is 0 Å². The van der Waals surface area contributed by atoms with Crippen LogP contribution >= 0.6 is 0 Å². The first-order chi connectivity index (χ1) is 9.63. The molecule has 2 saturated carbocycles. The molecule has 2 aliphatic carbocycles. The molecule has 2 unspecified atom stereocenters. The van der Waals surface area contributed by atoms with E-state index in [-0.39, 0.29) is 0 Å². The van der Waals surface area contributed by atoms with Crippen LogP contribution in [0.15, 0.2) is 0 Å². The zero-order valence-corrected chi connectivity index (χ0v) is 14.0. The molecule has 2 nitrogen and oxygen atoms in total. The third kappa shape index (κ3) is 3.39. The molecule has 0 aromatic rings. The normalized spacial score (nSPS) is 33.0. The van der Waals surface area contributed by atoms with Crippen molar-refractivity contribution in [3.05, 3.63) is 0 Å². The highest BCUT2D eigenvalue weighted by atomic mass is 15.2. The second kappa shape index (κ2) is 7.26. The van der Waals surface area contributed by atoms with E-state index in [2.05, 4.69) is 25.7 Å². The molecule has 20 heavy (non-hydrogen) atoms. The summed E-state index contributed by atoms with van der Waals surface area (Å²) in [6.45, 7) is 9.19. The van der Waals surface area contributed by atoms with E-state index in [9.17, 15) is 0 Å². The molecule has 0 bridgehead atoms. The molecule has 0 radical (unpaired) electrons. The molecule has 118 valence electrons. The van der Waals surface area contributed by atoms with Gasteiger partial charge in [-0.2, -0.15) is 0 Å². The molecule has 0 spiro atoms. The van der Waals surface area contributed by atoms with Gasteiger partial charge in [-0.05, 0) is 50.5 Å². The lowest BCUT2D eigenvalue weighted by Gasteiger charge is -2.46. The van der Waals surface area contributed by atoms with Gasteiger partial charge in [0.1, 0.15) is 0 Å². The van der Waals surface area contributed by atoms with Crippen LogP contribution in [-0.4, -0.2) is 29.6 Å². The standard InChI is InChI=1S/C18H36N2/c1-4-20(17-9-5-6-10-17)18(14-19)12-7-8-16(11-13-18)15(2)3/h15-17H,4-14,19H2,1-3H3. The van der Waals surface area contributed by atoms with Crippen LogP contribution in [-0.2, 0) is 0 Å². The second-order valence-corrected chi connectivity index (χ2v) is 7.59. The quantitative estimate of drug-likeness (QED) is 0.765. The van der Waals surface area contributed by atoms with Crippen LogP contribution < -0.4 is 5.73 Å². The molecule has 0 aromatic carbocycles. The van der Waals surface area contributed by atoms with Gasteiger partial charge in [0.05, 0.1) is 0 Å². The van der Waals surface area contributed by atoms with Crippen molar-refractivity contribution in [2.45, 2.75) is 90.1 Å². The van der Waals surface area contributed by atoms with Gasteiger partial charge >= 0.3 is 0 Å². The maximum absolute atomic E-state index is 6.33. The Hall–Kier alpha value is -0.0800. The highest BCUT2D eigenvalue weighted by molar-refractivity contribution is 4.97. The van der Waals surface area contributed by atoms with Crippen molar-refractivity contribution in [1.29, 1.82) is 0 Å². The molecule has 2 aliphatic rings. The molecule has 0 saturated heterocycles. The van der Waals surface area contributed by atoms with Gasteiger partial charge < -0.3 is 5.73 Å². The summed E-state index contributed by atoms with van der Waals surface area (Å²) < 4.78 is 0. The monoisotopic (exact) mass is 280 g/mol. The first-order valence-electron chi connectivity index (χ1n) is 9.10. The van der Waals surface area contributed by atoms with Crippen LogP contribution in [0.4, 0.5) is 0 Å². The molecule has 0 heterocycles. The van der Waals surface area contributed by atoms with E-state index < -0.39 is 0 Å². The summed E-state index contributed by atoms with van der Waals surface area (Å²) in [4.78, 5) is 2.82.